The summed E-state index contributed by atoms with van der Waals surface area (Å²) in [6, 6.07) is 7.40. The van der Waals surface area contributed by atoms with Crippen LogP contribution >= 0.6 is 0 Å². The molecule has 0 amide bonds. The summed E-state index contributed by atoms with van der Waals surface area (Å²) in [6.07, 6.45) is 0.841. The zero-order chi connectivity index (χ0) is 15.9. The fourth-order valence-electron chi connectivity index (χ4n) is 3.21. The van der Waals surface area contributed by atoms with Gasteiger partial charge in [-0.2, -0.15) is 0 Å². The lowest BCUT2D eigenvalue weighted by Gasteiger charge is -2.29. The van der Waals surface area contributed by atoms with Gasteiger partial charge in [-0.05, 0) is 66.3 Å². The van der Waals surface area contributed by atoms with E-state index < -0.39 is 0 Å². The Bertz CT molecular complexity index is 725. The lowest BCUT2D eigenvalue weighted by Crippen LogP contribution is -2.31. The molecule has 116 valence electrons. The van der Waals surface area contributed by atoms with Crippen molar-refractivity contribution < 1.29 is 14.9 Å². The highest BCUT2D eigenvalue weighted by atomic mass is 16.5. The standard InChI is InChI=1S/C18H21NO3/c1-10-11(2)17(22-3)5-4-13(10)18-14-9-16(21)15(20)8-12(14)6-7-19-18/h4-5,8-9,18-21H,6-7H2,1-3H3. The number of rotatable bonds is 2. The molecule has 1 unspecified atom stereocenters. The van der Waals surface area contributed by atoms with Crippen LogP contribution in [0.25, 0.3) is 0 Å². The van der Waals surface area contributed by atoms with Crippen molar-refractivity contribution >= 4 is 0 Å². The van der Waals surface area contributed by atoms with Crippen LogP contribution in [0, 0.1) is 13.8 Å². The quantitative estimate of drug-likeness (QED) is 0.746. The Balaban J connectivity index is 2.12. The smallest absolute Gasteiger partial charge is 0.157 e. The fourth-order valence-corrected chi connectivity index (χ4v) is 3.21. The van der Waals surface area contributed by atoms with Crippen LogP contribution in [0.15, 0.2) is 24.3 Å². The lowest BCUT2D eigenvalue weighted by atomic mass is 9.86. The molecule has 1 aliphatic heterocycles. The van der Waals surface area contributed by atoms with Gasteiger partial charge in [0.1, 0.15) is 5.75 Å². The third kappa shape index (κ3) is 2.29. The second kappa shape index (κ2) is 5.54. The van der Waals surface area contributed by atoms with Crippen LogP contribution < -0.4 is 10.1 Å². The number of hydrogen-bond acceptors (Lipinski definition) is 4. The van der Waals surface area contributed by atoms with E-state index >= 15 is 0 Å². The second-order valence-electron chi connectivity index (χ2n) is 5.78. The average molecular weight is 299 g/mol. The first-order valence-corrected chi connectivity index (χ1v) is 7.45. The van der Waals surface area contributed by atoms with Crippen LogP contribution in [0.3, 0.4) is 0 Å². The van der Waals surface area contributed by atoms with Crippen molar-refractivity contribution in [2.24, 2.45) is 0 Å². The van der Waals surface area contributed by atoms with E-state index in [0.29, 0.717) is 0 Å². The summed E-state index contributed by atoms with van der Waals surface area (Å²) >= 11 is 0. The lowest BCUT2D eigenvalue weighted by molar-refractivity contribution is 0.400. The minimum absolute atomic E-state index is 0.0138. The summed E-state index contributed by atoms with van der Waals surface area (Å²) in [5.74, 6) is 0.753. The Hall–Kier alpha value is -2.20. The molecule has 0 saturated carbocycles. The van der Waals surface area contributed by atoms with E-state index in [-0.39, 0.29) is 17.5 Å². The normalized spacial score (nSPS) is 17.1. The molecular formula is C18H21NO3. The number of phenols is 2. The first-order chi connectivity index (χ1) is 10.5. The van der Waals surface area contributed by atoms with E-state index in [2.05, 4.69) is 25.2 Å². The summed E-state index contributed by atoms with van der Waals surface area (Å²) in [5, 5.41) is 23.1. The maximum Gasteiger partial charge on any atom is 0.157 e. The van der Waals surface area contributed by atoms with Gasteiger partial charge in [-0.15, -0.1) is 0 Å². The first-order valence-electron chi connectivity index (χ1n) is 7.45. The Morgan fingerprint density at radius 2 is 1.77 bits per heavy atom. The third-order valence-corrected chi connectivity index (χ3v) is 4.60. The minimum atomic E-state index is -0.0738. The predicted octanol–water partition coefficient (Wildman–Crippen LogP) is 2.96. The van der Waals surface area contributed by atoms with E-state index in [1.54, 1.807) is 19.2 Å². The molecule has 0 bridgehead atoms. The van der Waals surface area contributed by atoms with Crippen LogP contribution in [0.1, 0.15) is 33.9 Å². The van der Waals surface area contributed by atoms with Crippen LogP contribution in [0.5, 0.6) is 17.2 Å². The Kier molecular flexibility index (Phi) is 3.71. The Morgan fingerprint density at radius 1 is 1.05 bits per heavy atom. The molecule has 0 aromatic heterocycles. The van der Waals surface area contributed by atoms with Gasteiger partial charge in [0.05, 0.1) is 13.2 Å². The largest absolute Gasteiger partial charge is 0.504 e. The van der Waals surface area contributed by atoms with Crippen LogP contribution in [-0.2, 0) is 6.42 Å². The molecule has 0 spiro atoms. The zero-order valence-electron chi connectivity index (χ0n) is 13.1. The Morgan fingerprint density at radius 3 is 2.50 bits per heavy atom. The molecule has 4 heteroatoms. The van der Waals surface area contributed by atoms with Crippen molar-refractivity contribution in [3.05, 3.63) is 52.1 Å². The molecule has 2 aromatic rings. The highest BCUT2D eigenvalue weighted by Gasteiger charge is 2.25. The summed E-state index contributed by atoms with van der Waals surface area (Å²) in [7, 11) is 1.68. The molecule has 2 aromatic carbocycles. The molecule has 1 aliphatic rings. The van der Waals surface area contributed by atoms with E-state index in [0.717, 1.165) is 35.4 Å². The van der Waals surface area contributed by atoms with Gasteiger partial charge in [-0.3, -0.25) is 0 Å². The van der Waals surface area contributed by atoms with Crippen molar-refractivity contribution in [1.29, 1.82) is 0 Å². The SMILES string of the molecule is COc1ccc(C2NCCc3cc(O)c(O)cc32)c(C)c1C. The molecule has 0 fully saturated rings. The van der Waals surface area contributed by atoms with Crippen molar-refractivity contribution in [3.63, 3.8) is 0 Å². The third-order valence-electron chi connectivity index (χ3n) is 4.60. The molecule has 1 atom stereocenters. The molecule has 0 saturated heterocycles. The summed E-state index contributed by atoms with van der Waals surface area (Å²) < 4.78 is 5.38. The topological polar surface area (TPSA) is 61.7 Å². The number of benzene rings is 2. The number of ether oxygens (including phenoxy) is 1. The second-order valence-corrected chi connectivity index (χ2v) is 5.78. The van der Waals surface area contributed by atoms with E-state index in [1.807, 2.05) is 6.07 Å². The first kappa shape index (κ1) is 14.7. The van der Waals surface area contributed by atoms with Crippen LogP contribution in [0.4, 0.5) is 0 Å². The molecule has 3 N–H and O–H groups in total. The Labute approximate surface area is 130 Å². The number of aromatic hydroxyl groups is 2. The highest BCUT2D eigenvalue weighted by Crippen LogP contribution is 2.38. The molecule has 0 aliphatic carbocycles. The fraction of sp³-hybridized carbons (Fsp3) is 0.333. The van der Waals surface area contributed by atoms with Gasteiger partial charge in [-0.25, -0.2) is 0 Å². The van der Waals surface area contributed by atoms with Gasteiger partial charge in [0.15, 0.2) is 11.5 Å². The molecular weight excluding hydrogens is 278 g/mol. The number of methoxy groups -OCH3 is 1. The molecule has 22 heavy (non-hydrogen) atoms. The minimum Gasteiger partial charge on any atom is -0.504 e. The van der Waals surface area contributed by atoms with Crippen LogP contribution in [0.2, 0.25) is 0 Å². The maximum atomic E-state index is 9.85. The molecule has 3 rings (SSSR count). The van der Waals surface area contributed by atoms with Gasteiger partial charge in [0.25, 0.3) is 0 Å². The number of nitrogens with one attached hydrogen (secondary N) is 1. The van der Waals surface area contributed by atoms with E-state index in [4.69, 9.17) is 4.74 Å². The van der Waals surface area contributed by atoms with Crippen molar-refractivity contribution in [3.8, 4) is 17.2 Å². The average Bonchev–Trinajstić information content (AvgIpc) is 2.51. The molecule has 1 heterocycles. The zero-order valence-corrected chi connectivity index (χ0v) is 13.1. The van der Waals surface area contributed by atoms with Crippen molar-refractivity contribution in [2.45, 2.75) is 26.3 Å². The van der Waals surface area contributed by atoms with E-state index in [1.165, 1.54) is 11.1 Å². The molecule has 0 radical (unpaired) electrons. The van der Waals surface area contributed by atoms with Gasteiger partial charge in [0.2, 0.25) is 0 Å². The monoisotopic (exact) mass is 299 g/mol. The number of hydrogen-bond donors (Lipinski definition) is 3. The number of phenolic OH excluding ortho intramolecular Hbond substituents is 2. The summed E-state index contributed by atoms with van der Waals surface area (Å²) in [5.41, 5.74) is 5.57. The molecule has 4 nitrogen and oxygen atoms in total. The van der Waals surface area contributed by atoms with Gasteiger partial charge in [0, 0.05) is 6.54 Å². The maximum absolute atomic E-state index is 9.85. The summed E-state index contributed by atoms with van der Waals surface area (Å²) in [6.45, 7) is 4.98. The highest BCUT2D eigenvalue weighted by molar-refractivity contribution is 5.53. The van der Waals surface area contributed by atoms with Crippen molar-refractivity contribution in [2.75, 3.05) is 13.7 Å². The van der Waals surface area contributed by atoms with Gasteiger partial charge >= 0.3 is 0 Å². The van der Waals surface area contributed by atoms with Gasteiger partial charge in [-0.1, -0.05) is 6.07 Å². The number of fused-ring (bicyclic) bond motifs is 1. The van der Waals surface area contributed by atoms with E-state index in [9.17, 15) is 10.2 Å². The summed E-state index contributed by atoms with van der Waals surface area (Å²) in [4.78, 5) is 0. The van der Waals surface area contributed by atoms with Gasteiger partial charge < -0.3 is 20.3 Å². The van der Waals surface area contributed by atoms with Crippen molar-refractivity contribution in [1.82, 2.24) is 5.32 Å². The predicted molar refractivity (Wildman–Crippen MR) is 85.8 cm³/mol. The van der Waals surface area contributed by atoms with Crippen LogP contribution in [-0.4, -0.2) is 23.9 Å².